The maximum absolute atomic E-state index is 11.9. The molecule has 3 rings (SSSR count). The number of imide groups is 1. The molecule has 0 radical (unpaired) electrons. The van der Waals surface area contributed by atoms with Gasteiger partial charge in [0.05, 0.1) is 21.7 Å². The van der Waals surface area contributed by atoms with E-state index in [2.05, 4.69) is 5.32 Å². The third-order valence-electron chi connectivity index (χ3n) is 4.48. The van der Waals surface area contributed by atoms with Crippen LogP contribution in [0.15, 0.2) is 23.1 Å². The highest BCUT2D eigenvalue weighted by Gasteiger charge is 2.33. The molecule has 2 aliphatic heterocycles. The molecule has 5 N–H and O–H groups in total. The highest BCUT2D eigenvalue weighted by atomic mass is 35.5. The highest BCUT2D eigenvalue weighted by Crippen LogP contribution is 2.36. The molecule has 2 fully saturated rings. The van der Waals surface area contributed by atoms with Crippen molar-refractivity contribution in [2.75, 3.05) is 24.5 Å². The van der Waals surface area contributed by atoms with Crippen LogP contribution in [0.2, 0.25) is 5.02 Å². The third-order valence-corrected chi connectivity index (χ3v) is 5.59. The molecule has 1 atom stereocenters. The number of para-hydroxylation sites is 1. The number of urea groups is 1. The number of nitrogens with two attached hydrogens (primary N) is 2. The average Bonchev–Trinajstić information content (AvgIpc) is 3.19. The predicted octanol–water partition coefficient (Wildman–Crippen LogP) is 1.11. The molecule has 0 bridgehead atoms. The first-order chi connectivity index (χ1) is 13.3. The molecule has 0 aromatic heterocycles. The van der Waals surface area contributed by atoms with Gasteiger partial charge in [-0.05, 0) is 30.3 Å². The van der Waals surface area contributed by atoms with Crippen LogP contribution in [-0.2, 0) is 9.59 Å². The van der Waals surface area contributed by atoms with Crippen LogP contribution in [0, 0.1) is 0 Å². The molecule has 148 valence electrons. The first kappa shape index (κ1) is 20.0. The number of hydrogen-bond acceptors (Lipinski definition) is 6. The topological polar surface area (TPSA) is 139 Å². The van der Waals surface area contributed by atoms with Gasteiger partial charge in [-0.3, -0.25) is 19.7 Å². The summed E-state index contributed by atoms with van der Waals surface area (Å²) >= 11 is 7.23. The van der Waals surface area contributed by atoms with Gasteiger partial charge in [0.15, 0.2) is 0 Å². The van der Waals surface area contributed by atoms with Crippen molar-refractivity contribution in [3.63, 3.8) is 0 Å². The zero-order chi connectivity index (χ0) is 20.4. The maximum atomic E-state index is 11.9. The number of carbonyl (C=O) groups is 4. The summed E-state index contributed by atoms with van der Waals surface area (Å²) in [6.07, 6.45) is 2.18. The molecule has 9 nitrogen and oxygen atoms in total. The number of thioether (sulfide) groups is 1. The molecular formula is C17H18ClN5O4S. The van der Waals surface area contributed by atoms with Crippen LogP contribution in [-0.4, -0.2) is 53.7 Å². The van der Waals surface area contributed by atoms with E-state index >= 15 is 0 Å². The fraction of sp³-hybridized carbons (Fsp3) is 0.294. The second-order valence-corrected chi connectivity index (χ2v) is 7.77. The monoisotopic (exact) mass is 423 g/mol. The van der Waals surface area contributed by atoms with Crippen LogP contribution in [0.1, 0.15) is 12.0 Å². The first-order valence-electron chi connectivity index (χ1n) is 8.39. The maximum Gasteiger partial charge on any atom is 0.315 e. The summed E-state index contributed by atoms with van der Waals surface area (Å²) in [7, 11) is 0. The molecule has 2 saturated heterocycles. The van der Waals surface area contributed by atoms with Crippen molar-refractivity contribution in [2.45, 2.75) is 12.5 Å². The number of benzene rings is 1. The van der Waals surface area contributed by atoms with Crippen LogP contribution in [0.3, 0.4) is 0 Å². The van der Waals surface area contributed by atoms with Gasteiger partial charge in [-0.25, -0.2) is 4.79 Å². The minimum Gasteiger partial charge on any atom is -0.368 e. The van der Waals surface area contributed by atoms with Crippen molar-refractivity contribution in [1.82, 2.24) is 10.2 Å². The Morgan fingerprint density at radius 2 is 2.11 bits per heavy atom. The van der Waals surface area contributed by atoms with E-state index in [9.17, 15) is 19.2 Å². The van der Waals surface area contributed by atoms with Gasteiger partial charge in [-0.1, -0.05) is 23.7 Å². The number of halogens is 1. The number of nitrogens with one attached hydrogen (secondary N) is 1. The zero-order valence-electron chi connectivity index (χ0n) is 14.7. The molecule has 1 aromatic rings. The Hall–Kier alpha value is -2.72. The molecule has 2 heterocycles. The minimum atomic E-state index is -0.718. The SMILES string of the molecule is NC(=O)CN(C(N)=O)[C@H]1CCN(c2c(Cl)cccc2/C=C2\SC(=O)NC2=O)C1. The lowest BCUT2D eigenvalue weighted by molar-refractivity contribution is -0.119. The Morgan fingerprint density at radius 3 is 2.71 bits per heavy atom. The Kier molecular flexibility index (Phi) is 5.80. The molecule has 0 saturated carbocycles. The van der Waals surface area contributed by atoms with E-state index < -0.39 is 23.1 Å². The van der Waals surface area contributed by atoms with Crippen LogP contribution in [0.5, 0.6) is 0 Å². The van der Waals surface area contributed by atoms with Crippen LogP contribution < -0.4 is 21.7 Å². The number of carbonyl (C=O) groups excluding carboxylic acids is 4. The van der Waals surface area contributed by atoms with Crippen molar-refractivity contribution in [3.05, 3.63) is 33.7 Å². The van der Waals surface area contributed by atoms with E-state index in [0.717, 1.165) is 11.8 Å². The van der Waals surface area contributed by atoms with Gasteiger partial charge < -0.3 is 21.3 Å². The molecule has 0 spiro atoms. The second kappa shape index (κ2) is 8.11. The number of hydrogen-bond donors (Lipinski definition) is 3. The van der Waals surface area contributed by atoms with Gasteiger partial charge in [-0.2, -0.15) is 0 Å². The minimum absolute atomic E-state index is 0.258. The molecule has 28 heavy (non-hydrogen) atoms. The average molecular weight is 424 g/mol. The van der Waals surface area contributed by atoms with Crippen LogP contribution in [0.4, 0.5) is 15.3 Å². The summed E-state index contributed by atoms with van der Waals surface area (Å²) in [6.45, 7) is 0.700. The largest absolute Gasteiger partial charge is 0.368 e. The molecule has 2 aliphatic rings. The molecule has 11 heteroatoms. The summed E-state index contributed by atoms with van der Waals surface area (Å²) < 4.78 is 0. The highest BCUT2D eigenvalue weighted by molar-refractivity contribution is 8.18. The lowest BCUT2D eigenvalue weighted by atomic mass is 10.1. The molecule has 1 aromatic carbocycles. The van der Waals surface area contributed by atoms with Gasteiger partial charge >= 0.3 is 6.03 Å². The summed E-state index contributed by atoms with van der Waals surface area (Å²) in [5.41, 5.74) is 11.9. The van der Waals surface area contributed by atoms with E-state index in [0.29, 0.717) is 35.8 Å². The summed E-state index contributed by atoms with van der Waals surface area (Å²) in [4.78, 5) is 49.7. The van der Waals surface area contributed by atoms with E-state index in [1.807, 2.05) is 4.90 Å². The van der Waals surface area contributed by atoms with Crippen molar-refractivity contribution >= 4 is 58.2 Å². The van der Waals surface area contributed by atoms with Gasteiger partial charge in [-0.15, -0.1) is 0 Å². The van der Waals surface area contributed by atoms with Crippen molar-refractivity contribution in [2.24, 2.45) is 11.5 Å². The second-order valence-electron chi connectivity index (χ2n) is 6.35. The fourth-order valence-corrected chi connectivity index (χ4v) is 4.27. The predicted molar refractivity (Wildman–Crippen MR) is 107 cm³/mol. The zero-order valence-corrected chi connectivity index (χ0v) is 16.3. The summed E-state index contributed by atoms with van der Waals surface area (Å²) in [5, 5.41) is 2.25. The van der Waals surface area contributed by atoms with E-state index in [-0.39, 0.29) is 17.5 Å². The molecule has 0 unspecified atom stereocenters. The first-order valence-corrected chi connectivity index (χ1v) is 9.58. The van der Waals surface area contributed by atoms with Gasteiger partial charge in [0.25, 0.3) is 11.1 Å². The van der Waals surface area contributed by atoms with E-state index in [4.69, 9.17) is 23.1 Å². The smallest absolute Gasteiger partial charge is 0.315 e. The Bertz CT molecular complexity index is 890. The van der Waals surface area contributed by atoms with Crippen LogP contribution >= 0.6 is 23.4 Å². The Balaban J connectivity index is 1.88. The fourth-order valence-electron chi connectivity index (χ4n) is 3.30. The standard InChI is InChI=1S/C17H18ClN5O4S/c18-11-3-1-2-9(6-12-15(25)21-17(27)28-12)14(11)22-5-4-10(7-22)23(16(20)26)8-13(19)24/h1-3,6,10H,4-5,7-8H2,(H2,19,24)(H2,20,26)(H,21,25,27)/b12-6-/t10-/m0/s1. The Labute approximate surface area is 170 Å². The summed E-state index contributed by atoms with van der Waals surface area (Å²) in [6, 6.07) is 4.23. The number of rotatable bonds is 5. The number of nitrogens with zero attached hydrogens (tertiary/aromatic N) is 2. The third kappa shape index (κ3) is 4.23. The summed E-state index contributed by atoms with van der Waals surface area (Å²) in [5.74, 6) is -1.10. The number of amides is 5. The lowest BCUT2D eigenvalue weighted by Gasteiger charge is -2.27. The van der Waals surface area contributed by atoms with Gasteiger partial charge in [0.1, 0.15) is 6.54 Å². The van der Waals surface area contributed by atoms with Gasteiger partial charge in [0.2, 0.25) is 5.91 Å². The number of anilines is 1. The van der Waals surface area contributed by atoms with Crippen molar-refractivity contribution in [1.29, 1.82) is 0 Å². The number of primary amides is 2. The normalized spacial score (nSPS) is 20.5. The van der Waals surface area contributed by atoms with E-state index in [1.165, 1.54) is 4.90 Å². The van der Waals surface area contributed by atoms with Crippen LogP contribution in [0.25, 0.3) is 6.08 Å². The Morgan fingerprint density at radius 1 is 1.36 bits per heavy atom. The molecule has 5 amide bonds. The van der Waals surface area contributed by atoms with Gasteiger partial charge in [0, 0.05) is 18.7 Å². The lowest BCUT2D eigenvalue weighted by Crippen LogP contribution is -2.48. The quantitative estimate of drug-likeness (QED) is 0.606. The van der Waals surface area contributed by atoms with E-state index in [1.54, 1.807) is 24.3 Å². The molecule has 0 aliphatic carbocycles. The van der Waals surface area contributed by atoms with Crippen molar-refractivity contribution < 1.29 is 19.2 Å². The van der Waals surface area contributed by atoms with Crippen molar-refractivity contribution in [3.8, 4) is 0 Å². The molecular weight excluding hydrogens is 406 g/mol.